The van der Waals surface area contributed by atoms with Crippen molar-refractivity contribution in [2.45, 2.75) is 32.6 Å². The predicted molar refractivity (Wildman–Crippen MR) is 99.5 cm³/mol. The molecule has 0 aliphatic carbocycles. The number of fused-ring (bicyclic) bond motifs is 1. The summed E-state index contributed by atoms with van der Waals surface area (Å²) in [5, 5.41) is 3.13. The Morgan fingerprint density at radius 3 is 2.39 bits per heavy atom. The number of halogens is 2. The van der Waals surface area contributed by atoms with E-state index in [2.05, 4.69) is 10.1 Å². The van der Waals surface area contributed by atoms with Gasteiger partial charge in [0.1, 0.15) is 11.6 Å². The maximum Gasteiger partial charge on any atom is 0.275 e. The highest BCUT2D eigenvalue weighted by Gasteiger charge is 2.26. The van der Waals surface area contributed by atoms with Gasteiger partial charge in [-0.3, -0.25) is 14.7 Å². The highest BCUT2D eigenvalue weighted by molar-refractivity contribution is 5.94. The van der Waals surface area contributed by atoms with Gasteiger partial charge in [0.2, 0.25) is 0 Å². The van der Waals surface area contributed by atoms with Gasteiger partial charge in [0, 0.05) is 53.7 Å². The third-order valence-electron chi connectivity index (χ3n) is 5.43. The molecule has 0 spiro atoms. The number of nitrogens with one attached hydrogen (secondary N) is 1. The Labute approximate surface area is 159 Å². The molecule has 1 saturated heterocycles. The maximum atomic E-state index is 13.4. The first-order chi connectivity index (χ1) is 13.3. The third kappa shape index (κ3) is 3.19. The number of H-pyrrole nitrogens is 1. The number of carbonyl (C=O) groups is 1. The summed E-state index contributed by atoms with van der Waals surface area (Å²) < 4.78 is 28.2. The van der Waals surface area contributed by atoms with E-state index in [1.807, 2.05) is 13.0 Å². The van der Waals surface area contributed by atoms with E-state index >= 15 is 0 Å². The van der Waals surface area contributed by atoms with E-state index in [-0.39, 0.29) is 22.9 Å². The zero-order chi connectivity index (χ0) is 20.0. The van der Waals surface area contributed by atoms with Crippen LogP contribution in [-0.4, -0.2) is 38.5 Å². The van der Waals surface area contributed by atoms with Gasteiger partial charge in [-0.15, -0.1) is 0 Å². The van der Waals surface area contributed by atoms with Crippen molar-refractivity contribution in [1.82, 2.24) is 19.5 Å². The molecule has 0 saturated carbocycles. The minimum Gasteiger partial charge on any atom is -0.339 e. The molecule has 1 N–H and O–H groups in total. The van der Waals surface area contributed by atoms with Gasteiger partial charge in [-0.2, -0.15) is 0 Å². The molecule has 28 heavy (non-hydrogen) atoms. The number of piperidine rings is 1. The first-order valence-corrected chi connectivity index (χ1v) is 9.17. The molecule has 1 aliphatic rings. The van der Waals surface area contributed by atoms with Crippen LogP contribution in [0.15, 0.2) is 29.1 Å². The Kier molecular flexibility index (Phi) is 4.49. The highest BCUT2D eigenvalue weighted by atomic mass is 19.1. The summed E-state index contributed by atoms with van der Waals surface area (Å²) in [5.41, 5.74) is 2.69. The summed E-state index contributed by atoms with van der Waals surface area (Å²) in [7, 11) is 0. The average molecular weight is 386 g/mol. The molecule has 6 nitrogen and oxygen atoms in total. The van der Waals surface area contributed by atoms with E-state index < -0.39 is 11.6 Å². The molecule has 0 bridgehead atoms. The van der Waals surface area contributed by atoms with E-state index in [1.54, 1.807) is 11.8 Å². The van der Waals surface area contributed by atoms with Crippen LogP contribution < -0.4 is 5.56 Å². The van der Waals surface area contributed by atoms with Gasteiger partial charge in [0.15, 0.2) is 5.65 Å². The van der Waals surface area contributed by atoms with Crippen molar-refractivity contribution < 1.29 is 13.6 Å². The highest BCUT2D eigenvalue weighted by Crippen LogP contribution is 2.28. The van der Waals surface area contributed by atoms with Crippen LogP contribution in [0, 0.1) is 25.5 Å². The number of likely N-dealkylation sites (tertiary alicyclic amines) is 1. The SMILES string of the molecule is Cc1nc2cc(C3CCN(C(=O)c4cc(F)cc(F)c4)CC3)[nH]n2c(=O)c1C. The monoisotopic (exact) mass is 386 g/mol. The van der Waals surface area contributed by atoms with Crippen molar-refractivity contribution in [3.63, 3.8) is 0 Å². The van der Waals surface area contributed by atoms with Crippen LogP contribution >= 0.6 is 0 Å². The van der Waals surface area contributed by atoms with Crippen molar-refractivity contribution in [3.05, 3.63) is 68.8 Å². The van der Waals surface area contributed by atoms with Crippen LogP contribution in [0.3, 0.4) is 0 Å². The quantitative estimate of drug-likeness (QED) is 0.736. The van der Waals surface area contributed by atoms with Crippen molar-refractivity contribution in [1.29, 1.82) is 0 Å². The molecule has 3 heterocycles. The fourth-order valence-electron chi connectivity index (χ4n) is 3.70. The summed E-state index contributed by atoms with van der Waals surface area (Å²) in [6, 6.07) is 4.73. The Morgan fingerprint density at radius 1 is 1.11 bits per heavy atom. The van der Waals surface area contributed by atoms with Crippen LogP contribution in [0.5, 0.6) is 0 Å². The number of aryl methyl sites for hydroxylation is 1. The summed E-state index contributed by atoms with van der Waals surface area (Å²) >= 11 is 0. The molecule has 1 fully saturated rings. The fourth-order valence-corrected chi connectivity index (χ4v) is 3.70. The first-order valence-electron chi connectivity index (χ1n) is 9.17. The van der Waals surface area contributed by atoms with Crippen LogP contribution in [-0.2, 0) is 0 Å². The molecular formula is C20H20F2N4O2. The minimum absolute atomic E-state index is 0.0169. The molecule has 0 atom stereocenters. The number of aromatic amines is 1. The Morgan fingerprint density at radius 2 is 1.75 bits per heavy atom. The third-order valence-corrected chi connectivity index (χ3v) is 5.43. The molecule has 3 aromatic rings. The van der Waals surface area contributed by atoms with E-state index in [4.69, 9.17) is 0 Å². The molecule has 8 heteroatoms. The standard InChI is InChI=1S/C20H20F2N4O2/c1-11-12(2)23-18-10-17(24-26(18)19(11)27)13-3-5-25(6-4-13)20(28)14-7-15(21)9-16(22)8-14/h7-10,13,24H,3-6H2,1-2H3. The van der Waals surface area contributed by atoms with Crippen molar-refractivity contribution >= 4 is 11.6 Å². The lowest BCUT2D eigenvalue weighted by Crippen LogP contribution is -2.38. The number of nitrogens with zero attached hydrogens (tertiary/aromatic N) is 3. The van der Waals surface area contributed by atoms with Crippen molar-refractivity contribution in [3.8, 4) is 0 Å². The van der Waals surface area contributed by atoms with Gasteiger partial charge < -0.3 is 4.90 Å². The number of amides is 1. The Bertz CT molecular complexity index is 1110. The molecule has 2 aromatic heterocycles. The van der Waals surface area contributed by atoms with Gasteiger partial charge in [-0.25, -0.2) is 18.3 Å². The molecule has 1 aliphatic heterocycles. The van der Waals surface area contributed by atoms with Gasteiger partial charge in [0.25, 0.3) is 11.5 Å². The zero-order valence-corrected chi connectivity index (χ0v) is 15.6. The van der Waals surface area contributed by atoms with Crippen LogP contribution in [0.1, 0.15) is 46.1 Å². The largest absolute Gasteiger partial charge is 0.339 e. The fraction of sp³-hybridized carbons (Fsp3) is 0.350. The maximum absolute atomic E-state index is 13.4. The van der Waals surface area contributed by atoms with Crippen LogP contribution in [0.2, 0.25) is 0 Å². The smallest absolute Gasteiger partial charge is 0.275 e. The number of hydrogen-bond donors (Lipinski definition) is 1. The molecule has 146 valence electrons. The lowest BCUT2D eigenvalue weighted by atomic mass is 9.93. The number of carbonyl (C=O) groups excluding carboxylic acids is 1. The molecule has 4 rings (SSSR count). The van der Waals surface area contributed by atoms with E-state index in [9.17, 15) is 18.4 Å². The summed E-state index contributed by atoms with van der Waals surface area (Å²) in [6.07, 6.45) is 1.37. The second kappa shape index (κ2) is 6.85. The van der Waals surface area contributed by atoms with Crippen LogP contribution in [0.4, 0.5) is 8.78 Å². The normalized spacial score (nSPS) is 15.4. The Hall–Kier alpha value is -3.03. The minimum atomic E-state index is -0.764. The van der Waals surface area contributed by atoms with E-state index in [0.29, 0.717) is 42.8 Å². The van der Waals surface area contributed by atoms with Gasteiger partial charge in [-0.1, -0.05) is 0 Å². The van der Waals surface area contributed by atoms with Gasteiger partial charge >= 0.3 is 0 Å². The summed E-state index contributed by atoms with van der Waals surface area (Å²) in [4.78, 5) is 31.0. The number of aromatic nitrogens is 3. The molecule has 0 unspecified atom stereocenters. The number of hydrogen-bond acceptors (Lipinski definition) is 3. The van der Waals surface area contributed by atoms with E-state index in [1.165, 1.54) is 4.52 Å². The predicted octanol–water partition coefficient (Wildman–Crippen LogP) is 2.94. The number of benzene rings is 1. The second-order valence-electron chi connectivity index (χ2n) is 7.26. The van der Waals surface area contributed by atoms with E-state index in [0.717, 1.165) is 23.9 Å². The Balaban J connectivity index is 1.51. The topological polar surface area (TPSA) is 70.5 Å². The lowest BCUT2D eigenvalue weighted by molar-refractivity contribution is 0.0711. The molecule has 1 amide bonds. The molecule has 1 aromatic carbocycles. The van der Waals surface area contributed by atoms with Crippen molar-refractivity contribution in [2.24, 2.45) is 0 Å². The first kappa shape index (κ1) is 18.3. The molecule has 0 radical (unpaired) electrons. The second-order valence-corrected chi connectivity index (χ2v) is 7.26. The molecular weight excluding hydrogens is 366 g/mol. The van der Waals surface area contributed by atoms with Crippen molar-refractivity contribution in [2.75, 3.05) is 13.1 Å². The van der Waals surface area contributed by atoms with Gasteiger partial charge in [-0.05, 0) is 38.8 Å². The van der Waals surface area contributed by atoms with Crippen LogP contribution in [0.25, 0.3) is 5.65 Å². The average Bonchev–Trinajstić information content (AvgIpc) is 3.09. The summed E-state index contributed by atoms with van der Waals surface area (Å²) in [6.45, 7) is 4.49. The number of rotatable bonds is 2. The zero-order valence-electron chi connectivity index (χ0n) is 15.6. The summed E-state index contributed by atoms with van der Waals surface area (Å²) in [5.74, 6) is -1.76. The lowest BCUT2D eigenvalue weighted by Gasteiger charge is -2.31. The van der Waals surface area contributed by atoms with Gasteiger partial charge in [0.05, 0.1) is 0 Å².